The highest BCUT2D eigenvalue weighted by atomic mass is 19.1. The Kier molecular flexibility index (Phi) is 4.45. The molecular formula is C22H24FN5O. The zero-order valence-corrected chi connectivity index (χ0v) is 16.4. The number of hydrogen-bond donors (Lipinski definition) is 1. The first-order valence-corrected chi connectivity index (χ1v) is 10.2. The van der Waals surface area contributed by atoms with Gasteiger partial charge in [0.1, 0.15) is 11.5 Å². The predicted molar refractivity (Wildman–Crippen MR) is 107 cm³/mol. The molecule has 7 heteroatoms. The lowest BCUT2D eigenvalue weighted by molar-refractivity contribution is 0.0942. The fourth-order valence-corrected chi connectivity index (χ4v) is 3.72. The number of aromatic nitrogens is 4. The topological polar surface area (TPSA) is 64.7 Å². The number of nitrogens with zero attached hydrogens (tertiary/aromatic N) is 4. The van der Waals surface area contributed by atoms with Crippen molar-refractivity contribution in [2.24, 2.45) is 7.05 Å². The van der Waals surface area contributed by atoms with E-state index in [0.717, 1.165) is 5.56 Å². The molecule has 0 bridgehead atoms. The summed E-state index contributed by atoms with van der Waals surface area (Å²) in [4.78, 5) is 12.6. The standard InChI is InChI=1S/C22H24FN5O/c1-27-21(13-18(25-27)15-6-8-17(23)9-7-15)22(29)24-10-11-28-20(16-4-5-16)12-19(26-28)14-2-3-14/h6-9,12-14,16H,2-5,10-11H2,1H3,(H,24,29). The van der Waals surface area contributed by atoms with Crippen LogP contribution in [0.3, 0.4) is 0 Å². The number of benzene rings is 1. The highest BCUT2D eigenvalue weighted by molar-refractivity contribution is 5.93. The van der Waals surface area contributed by atoms with Crippen LogP contribution in [0.5, 0.6) is 0 Å². The summed E-state index contributed by atoms with van der Waals surface area (Å²) >= 11 is 0. The second-order valence-electron chi connectivity index (χ2n) is 8.07. The Bertz CT molecular complexity index is 1040. The number of carbonyl (C=O) groups is 1. The second kappa shape index (κ2) is 7.13. The van der Waals surface area contributed by atoms with Gasteiger partial charge in [0.25, 0.3) is 5.91 Å². The zero-order valence-electron chi connectivity index (χ0n) is 16.4. The molecular weight excluding hydrogens is 369 g/mol. The fraction of sp³-hybridized carbons (Fsp3) is 0.409. The maximum Gasteiger partial charge on any atom is 0.269 e. The fourth-order valence-electron chi connectivity index (χ4n) is 3.72. The van der Waals surface area contributed by atoms with Gasteiger partial charge in [-0.25, -0.2) is 4.39 Å². The molecule has 0 saturated heterocycles. The van der Waals surface area contributed by atoms with Crippen LogP contribution in [0.25, 0.3) is 11.3 Å². The molecule has 2 saturated carbocycles. The van der Waals surface area contributed by atoms with Crippen LogP contribution < -0.4 is 5.32 Å². The second-order valence-corrected chi connectivity index (χ2v) is 8.07. The Morgan fingerprint density at radius 2 is 1.83 bits per heavy atom. The van der Waals surface area contributed by atoms with Crippen LogP contribution >= 0.6 is 0 Å². The van der Waals surface area contributed by atoms with E-state index in [2.05, 4.69) is 21.2 Å². The Hall–Kier alpha value is -2.96. The molecule has 1 N–H and O–H groups in total. The Balaban J connectivity index is 1.24. The van der Waals surface area contributed by atoms with Crippen LogP contribution in [-0.2, 0) is 13.6 Å². The molecule has 0 spiro atoms. The number of rotatable bonds is 7. The maximum atomic E-state index is 13.1. The van der Waals surface area contributed by atoms with Gasteiger partial charge in [-0.3, -0.25) is 14.2 Å². The summed E-state index contributed by atoms with van der Waals surface area (Å²) in [7, 11) is 1.74. The van der Waals surface area contributed by atoms with Crippen LogP contribution in [0.4, 0.5) is 4.39 Å². The normalized spacial score (nSPS) is 16.2. The average Bonchev–Trinajstić information content (AvgIpc) is 3.64. The summed E-state index contributed by atoms with van der Waals surface area (Å²) in [6, 6.07) is 10.1. The highest BCUT2D eigenvalue weighted by Gasteiger charge is 2.32. The van der Waals surface area contributed by atoms with Gasteiger partial charge in [-0.1, -0.05) is 0 Å². The summed E-state index contributed by atoms with van der Waals surface area (Å²) in [6.07, 6.45) is 4.97. The first kappa shape index (κ1) is 18.1. The van der Waals surface area contributed by atoms with Gasteiger partial charge in [0.15, 0.2) is 0 Å². The van der Waals surface area contributed by atoms with Gasteiger partial charge in [-0.05, 0) is 62.1 Å². The van der Waals surface area contributed by atoms with Crippen molar-refractivity contribution in [3.63, 3.8) is 0 Å². The zero-order chi connectivity index (χ0) is 20.0. The molecule has 0 aliphatic heterocycles. The largest absolute Gasteiger partial charge is 0.349 e. The Labute approximate surface area is 168 Å². The molecule has 2 aliphatic carbocycles. The number of amides is 1. The van der Waals surface area contributed by atoms with Crippen molar-refractivity contribution in [3.8, 4) is 11.3 Å². The van der Waals surface area contributed by atoms with E-state index in [0.29, 0.717) is 36.3 Å². The monoisotopic (exact) mass is 393 g/mol. The average molecular weight is 393 g/mol. The molecule has 2 aromatic heterocycles. The minimum atomic E-state index is -0.295. The van der Waals surface area contributed by atoms with Gasteiger partial charge in [0.05, 0.1) is 17.9 Å². The van der Waals surface area contributed by atoms with E-state index in [1.807, 2.05) is 0 Å². The molecule has 0 atom stereocenters. The summed E-state index contributed by atoms with van der Waals surface area (Å²) in [5.41, 5.74) is 4.44. The number of nitrogens with one attached hydrogen (secondary N) is 1. The number of hydrogen-bond acceptors (Lipinski definition) is 3. The summed E-state index contributed by atoms with van der Waals surface area (Å²) in [5, 5.41) is 12.2. The van der Waals surface area contributed by atoms with Gasteiger partial charge in [-0.2, -0.15) is 10.2 Å². The van der Waals surface area contributed by atoms with Crippen LogP contribution in [0, 0.1) is 5.82 Å². The summed E-state index contributed by atoms with van der Waals surface area (Å²) in [6.45, 7) is 1.19. The van der Waals surface area contributed by atoms with Crippen LogP contribution in [0.2, 0.25) is 0 Å². The molecule has 2 fully saturated rings. The van der Waals surface area contributed by atoms with Crippen molar-refractivity contribution in [2.75, 3.05) is 6.54 Å². The number of halogens is 1. The third-order valence-corrected chi connectivity index (χ3v) is 5.68. The molecule has 3 aromatic rings. The SMILES string of the molecule is Cn1nc(-c2ccc(F)cc2)cc1C(=O)NCCn1nc(C2CC2)cc1C1CC1. The van der Waals surface area contributed by atoms with E-state index >= 15 is 0 Å². The first-order chi connectivity index (χ1) is 14.1. The molecule has 150 valence electrons. The minimum Gasteiger partial charge on any atom is -0.349 e. The van der Waals surface area contributed by atoms with Gasteiger partial charge in [-0.15, -0.1) is 0 Å². The maximum absolute atomic E-state index is 13.1. The molecule has 1 amide bonds. The molecule has 29 heavy (non-hydrogen) atoms. The van der Waals surface area contributed by atoms with Crippen LogP contribution in [-0.4, -0.2) is 32.0 Å². The summed E-state index contributed by atoms with van der Waals surface area (Å²) in [5.74, 6) is 0.816. The lowest BCUT2D eigenvalue weighted by atomic mass is 10.1. The van der Waals surface area contributed by atoms with E-state index in [9.17, 15) is 9.18 Å². The van der Waals surface area contributed by atoms with Crippen molar-refractivity contribution >= 4 is 5.91 Å². The first-order valence-electron chi connectivity index (χ1n) is 10.2. The molecule has 1 aromatic carbocycles. The summed E-state index contributed by atoms with van der Waals surface area (Å²) < 4.78 is 16.8. The molecule has 0 radical (unpaired) electrons. The third kappa shape index (κ3) is 3.81. The third-order valence-electron chi connectivity index (χ3n) is 5.68. The lowest BCUT2D eigenvalue weighted by Crippen LogP contribution is -2.29. The van der Waals surface area contributed by atoms with Crippen molar-refractivity contribution in [2.45, 2.75) is 44.1 Å². The van der Waals surface area contributed by atoms with Gasteiger partial charge < -0.3 is 5.32 Å². The highest BCUT2D eigenvalue weighted by Crippen LogP contribution is 2.44. The minimum absolute atomic E-state index is 0.170. The van der Waals surface area contributed by atoms with Crippen LogP contribution in [0.15, 0.2) is 36.4 Å². The molecule has 2 heterocycles. The van der Waals surface area contributed by atoms with Crippen molar-refractivity contribution in [1.29, 1.82) is 0 Å². The lowest BCUT2D eigenvalue weighted by Gasteiger charge is -2.08. The van der Waals surface area contributed by atoms with E-state index in [-0.39, 0.29) is 11.7 Å². The smallest absolute Gasteiger partial charge is 0.269 e. The van der Waals surface area contributed by atoms with Crippen molar-refractivity contribution in [1.82, 2.24) is 24.9 Å². The predicted octanol–water partition coefficient (Wildman–Crippen LogP) is 3.61. The number of aryl methyl sites for hydroxylation is 1. The number of carbonyl (C=O) groups excluding carboxylic acids is 1. The molecule has 6 nitrogen and oxygen atoms in total. The molecule has 0 unspecified atom stereocenters. The van der Waals surface area contributed by atoms with E-state index in [1.165, 1.54) is 49.2 Å². The molecule has 5 rings (SSSR count). The van der Waals surface area contributed by atoms with Crippen LogP contribution in [0.1, 0.15) is 59.4 Å². The van der Waals surface area contributed by atoms with Crippen molar-refractivity contribution in [3.05, 3.63) is 59.3 Å². The van der Waals surface area contributed by atoms with E-state index < -0.39 is 0 Å². The van der Waals surface area contributed by atoms with Gasteiger partial charge >= 0.3 is 0 Å². The Morgan fingerprint density at radius 3 is 2.52 bits per heavy atom. The Morgan fingerprint density at radius 1 is 1.10 bits per heavy atom. The quantitative estimate of drug-likeness (QED) is 0.667. The van der Waals surface area contributed by atoms with E-state index in [4.69, 9.17) is 5.10 Å². The van der Waals surface area contributed by atoms with Gasteiger partial charge in [0.2, 0.25) is 0 Å². The van der Waals surface area contributed by atoms with Gasteiger partial charge in [0, 0.05) is 36.7 Å². The molecule has 2 aliphatic rings. The van der Waals surface area contributed by atoms with E-state index in [1.54, 1.807) is 29.9 Å². The van der Waals surface area contributed by atoms with Crippen molar-refractivity contribution < 1.29 is 9.18 Å².